The number of hydrogen-bond acceptors (Lipinski definition) is 11. The van der Waals surface area contributed by atoms with E-state index in [2.05, 4.69) is 36.1 Å². The minimum Gasteiger partial charge on any atom is -0.491 e. The van der Waals surface area contributed by atoms with Crippen LogP contribution in [0, 0.1) is 17.2 Å². The van der Waals surface area contributed by atoms with E-state index in [4.69, 9.17) is 10.00 Å². The highest BCUT2D eigenvalue weighted by Crippen LogP contribution is 2.35. The molecule has 17 heteroatoms. The first-order valence-electron chi connectivity index (χ1n) is 18.1. The minimum absolute atomic E-state index is 0.141. The van der Waals surface area contributed by atoms with E-state index in [9.17, 15) is 32.3 Å². The van der Waals surface area contributed by atoms with Crippen LogP contribution in [0.25, 0.3) is 0 Å². The van der Waals surface area contributed by atoms with E-state index in [-0.39, 0.29) is 42.5 Å². The summed E-state index contributed by atoms with van der Waals surface area (Å²) < 4.78 is 46.1. The second kappa shape index (κ2) is 17.6. The number of amides is 4. The molecule has 3 saturated heterocycles. The Morgan fingerprint density at radius 1 is 0.927 bits per heavy atom. The first-order chi connectivity index (χ1) is 26.4. The maximum atomic E-state index is 13.4. The van der Waals surface area contributed by atoms with Crippen molar-refractivity contribution in [2.24, 2.45) is 5.92 Å². The van der Waals surface area contributed by atoms with Gasteiger partial charge in [0.05, 0.1) is 29.9 Å². The predicted octanol–water partition coefficient (Wildman–Crippen LogP) is 3.68. The van der Waals surface area contributed by atoms with Crippen molar-refractivity contribution < 1.29 is 37.1 Å². The largest absolute Gasteiger partial charge is 0.491 e. The number of carbonyl (C=O) groups is 4. The minimum atomic E-state index is -4.63. The number of alkyl halides is 3. The van der Waals surface area contributed by atoms with Crippen molar-refractivity contribution in [2.45, 2.75) is 37.9 Å². The van der Waals surface area contributed by atoms with Crippen LogP contribution in [0.2, 0.25) is 0 Å². The summed E-state index contributed by atoms with van der Waals surface area (Å²) >= 11 is 0. The third-order valence-corrected chi connectivity index (χ3v) is 9.88. The highest BCUT2D eigenvalue weighted by Gasteiger charge is 2.35. The molecular weight excluding hydrogens is 719 g/mol. The van der Waals surface area contributed by atoms with Crippen LogP contribution in [0.3, 0.4) is 0 Å². The normalized spacial score (nSPS) is 18.6. The molecule has 0 saturated carbocycles. The van der Waals surface area contributed by atoms with Crippen LogP contribution in [0.1, 0.15) is 36.8 Å². The topological polar surface area (TPSA) is 172 Å². The molecule has 0 spiro atoms. The maximum Gasteiger partial charge on any atom is 0.417 e. The van der Waals surface area contributed by atoms with E-state index in [0.717, 1.165) is 19.2 Å². The van der Waals surface area contributed by atoms with Gasteiger partial charge in [-0.1, -0.05) is 6.07 Å². The van der Waals surface area contributed by atoms with Crippen molar-refractivity contribution in [3.63, 3.8) is 0 Å². The quantitative estimate of drug-likeness (QED) is 0.199. The smallest absolute Gasteiger partial charge is 0.417 e. The van der Waals surface area contributed by atoms with Crippen molar-refractivity contribution in [1.29, 1.82) is 5.26 Å². The molecule has 0 aliphatic carbocycles. The molecule has 4 amide bonds. The number of benzene rings is 2. The number of halogens is 3. The van der Waals surface area contributed by atoms with Crippen LogP contribution in [-0.4, -0.2) is 103 Å². The van der Waals surface area contributed by atoms with Crippen molar-refractivity contribution in [3.8, 4) is 11.8 Å². The summed E-state index contributed by atoms with van der Waals surface area (Å²) in [4.78, 5) is 59.6. The van der Waals surface area contributed by atoms with Gasteiger partial charge in [0.15, 0.2) is 0 Å². The number of piperidine rings is 2. The average Bonchev–Trinajstić information content (AvgIpc) is 3.17. The summed E-state index contributed by atoms with van der Waals surface area (Å²) in [6, 6.07) is 15.3. The number of anilines is 4. The molecule has 2 aromatic carbocycles. The van der Waals surface area contributed by atoms with Gasteiger partial charge in [-0.05, 0) is 67.8 Å². The molecule has 3 fully saturated rings. The van der Waals surface area contributed by atoms with Crippen LogP contribution in [-0.2, 0) is 25.4 Å². The summed E-state index contributed by atoms with van der Waals surface area (Å²) in [6.07, 6.45) is -1.50. The van der Waals surface area contributed by atoms with Crippen LogP contribution >= 0.6 is 0 Å². The molecule has 0 radical (unpaired) electrons. The fourth-order valence-electron chi connectivity index (χ4n) is 6.82. The van der Waals surface area contributed by atoms with Gasteiger partial charge in [0.2, 0.25) is 23.6 Å². The number of aromatic nitrogens is 1. The summed E-state index contributed by atoms with van der Waals surface area (Å²) in [5.41, 5.74) is 0.263. The summed E-state index contributed by atoms with van der Waals surface area (Å²) in [5.74, 6) is -0.381. The molecule has 0 bridgehead atoms. The molecule has 14 nitrogen and oxygen atoms in total. The van der Waals surface area contributed by atoms with E-state index in [1.54, 1.807) is 53.6 Å². The van der Waals surface area contributed by atoms with Crippen LogP contribution in [0.15, 0.2) is 60.8 Å². The second-order valence-electron chi connectivity index (χ2n) is 13.7. The molecule has 6 rings (SSSR count). The molecule has 55 heavy (non-hydrogen) atoms. The van der Waals surface area contributed by atoms with E-state index in [1.165, 1.54) is 12.1 Å². The molecule has 3 aromatic rings. The summed E-state index contributed by atoms with van der Waals surface area (Å²) in [7, 11) is 0. The van der Waals surface area contributed by atoms with Gasteiger partial charge in [0, 0.05) is 75.2 Å². The van der Waals surface area contributed by atoms with E-state index >= 15 is 0 Å². The molecule has 1 atom stereocenters. The van der Waals surface area contributed by atoms with E-state index in [0.29, 0.717) is 87.2 Å². The number of hydrogen-bond donors (Lipinski definition) is 4. The van der Waals surface area contributed by atoms with Gasteiger partial charge in [-0.2, -0.15) is 18.4 Å². The Morgan fingerprint density at radius 2 is 1.67 bits per heavy atom. The zero-order valence-electron chi connectivity index (χ0n) is 30.0. The Kier molecular flexibility index (Phi) is 12.5. The summed E-state index contributed by atoms with van der Waals surface area (Å²) in [5, 5.41) is 20.2. The number of nitrogens with one attached hydrogen (secondary N) is 4. The van der Waals surface area contributed by atoms with Gasteiger partial charge < -0.3 is 25.6 Å². The van der Waals surface area contributed by atoms with Gasteiger partial charge in [0.25, 0.3) is 0 Å². The van der Waals surface area contributed by atoms with E-state index < -0.39 is 23.3 Å². The van der Waals surface area contributed by atoms with Gasteiger partial charge in [0.1, 0.15) is 24.2 Å². The van der Waals surface area contributed by atoms with Gasteiger partial charge >= 0.3 is 6.18 Å². The van der Waals surface area contributed by atoms with Crippen molar-refractivity contribution >= 4 is 46.5 Å². The lowest BCUT2D eigenvalue weighted by Crippen LogP contribution is -2.49. The lowest BCUT2D eigenvalue weighted by atomic mass is 9.95. The second-order valence-corrected chi connectivity index (χ2v) is 13.7. The maximum absolute atomic E-state index is 13.4. The fraction of sp³-hybridized carbons (Fsp3) is 0.421. The van der Waals surface area contributed by atoms with E-state index in [1.807, 2.05) is 0 Å². The molecule has 290 valence electrons. The van der Waals surface area contributed by atoms with Gasteiger partial charge in [-0.3, -0.25) is 34.3 Å². The number of imide groups is 1. The molecule has 3 aliphatic heterocycles. The molecule has 3 aliphatic rings. The zero-order chi connectivity index (χ0) is 39.0. The molecule has 4 heterocycles. The van der Waals surface area contributed by atoms with Gasteiger partial charge in [-0.15, -0.1) is 0 Å². The molecule has 1 unspecified atom stereocenters. The molecule has 1 aromatic heterocycles. The number of nitrogens with zero attached hydrogens (tertiary/aromatic N) is 5. The van der Waals surface area contributed by atoms with Crippen LogP contribution in [0.4, 0.5) is 36.1 Å². The lowest BCUT2D eigenvalue weighted by Gasteiger charge is -2.34. The number of piperazine rings is 1. The Bertz CT molecular complexity index is 1900. The SMILES string of the molecule is N#Cc1ccc(N2CCC(C(=O)Nc3ccc(OCCN4CCN(CC(=O)Nc5cccc(NC6CCC(=O)NC6=O)c5)CC4)cn3)CC2)cc1C(F)(F)F. The first-order valence-corrected chi connectivity index (χ1v) is 18.1. The van der Waals surface area contributed by atoms with Crippen LogP contribution in [0.5, 0.6) is 5.75 Å². The van der Waals surface area contributed by atoms with Crippen molar-refractivity contribution in [3.05, 3.63) is 71.9 Å². The molecule has 4 N–H and O–H groups in total. The molecular formula is C38H42F3N9O5. The van der Waals surface area contributed by atoms with Crippen molar-refractivity contribution in [2.75, 3.05) is 79.8 Å². The van der Waals surface area contributed by atoms with Crippen LogP contribution < -0.4 is 30.9 Å². The average molecular weight is 762 g/mol. The number of ether oxygens (including phenoxy) is 1. The third-order valence-electron chi connectivity index (χ3n) is 9.88. The van der Waals surface area contributed by atoms with Crippen molar-refractivity contribution in [1.82, 2.24) is 20.1 Å². The zero-order valence-corrected chi connectivity index (χ0v) is 30.0. The number of pyridine rings is 1. The van der Waals surface area contributed by atoms with Gasteiger partial charge in [-0.25, -0.2) is 4.98 Å². The lowest BCUT2D eigenvalue weighted by molar-refractivity contribution is -0.138. The Hall–Kier alpha value is -5.73. The highest BCUT2D eigenvalue weighted by molar-refractivity contribution is 6.01. The summed E-state index contributed by atoms with van der Waals surface area (Å²) in [6.45, 7) is 5.13. The first kappa shape index (κ1) is 39.0. The fourth-order valence-corrected chi connectivity index (χ4v) is 6.82. The predicted molar refractivity (Wildman–Crippen MR) is 197 cm³/mol. The third kappa shape index (κ3) is 10.7. The number of rotatable bonds is 12. The standard InChI is InChI=1S/C38H42F3N9O5/c39-38(40,41)31-21-29(5-4-26(31)22-42)50-12-10-25(11-13-50)36(53)46-33-8-6-30(23-43-33)55-19-18-48-14-16-49(17-15-48)24-35(52)45-28-3-1-2-27(20-28)44-32-7-9-34(51)47-37(32)54/h1-6,8,20-21,23,25,32,44H,7,9-19,24H2,(H,45,52)(H,43,46,53)(H,47,51,54). The Balaban J connectivity index is 0.860. The Morgan fingerprint density at radius 3 is 2.36 bits per heavy atom. The monoisotopic (exact) mass is 761 g/mol. The number of nitriles is 1. The Labute approximate surface area is 316 Å². The highest BCUT2D eigenvalue weighted by atomic mass is 19.4. The number of carbonyl (C=O) groups excluding carboxylic acids is 4.